The fourth-order valence-corrected chi connectivity index (χ4v) is 2.91. The first kappa shape index (κ1) is 22.0. The fourth-order valence-electron chi connectivity index (χ4n) is 2.91. The Morgan fingerprint density at radius 2 is 1.74 bits per heavy atom. The standard InChI is InChI=1S/C24H25FN4O2/c1-24(2,3)27-22(31)15-26-21(30)14-11-18-16-29(20-7-5-4-6-8-20)28-23(18)17-9-12-19(25)13-10-17/h4-14,16H,15H2,1-3H3,(H,26,30)(H,27,31)/b14-11+. The number of rotatable bonds is 6. The Morgan fingerprint density at radius 3 is 2.39 bits per heavy atom. The zero-order valence-electron chi connectivity index (χ0n) is 17.7. The van der Waals surface area contributed by atoms with Gasteiger partial charge >= 0.3 is 0 Å². The summed E-state index contributed by atoms with van der Waals surface area (Å²) in [5, 5.41) is 9.97. The van der Waals surface area contributed by atoms with Gasteiger partial charge < -0.3 is 10.6 Å². The van der Waals surface area contributed by atoms with E-state index in [1.165, 1.54) is 18.2 Å². The number of hydrogen-bond donors (Lipinski definition) is 2. The van der Waals surface area contributed by atoms with Crippen LogP contribution in [0.5, 0.6) is 0 Å². The Kier molecular flexibility index (Phi) is 6.65. The van der Waals surface area contributed by atoms with Crippen LogP contribution in [-0.4, -0.2) is 33.7 Å². The summed E-state index contributed by atoms with van der Waals surface area (Å²) < 4.78 is 15.1. The minimum Gasteiger partial charge on any atom is -0.350 e. The van der Waals surface area contributed by atoms with E-state index in [0.717, 1.165) is 11.3 Å². The summed E-state index contributed by atoms with van der Waals surface area (Å²) in [6.45, 7) is 5.49. The number of carbonyl (C=O) groups excluding carboxylic acids is 2. The van der Waals surface area contributed by atoms with Crippen molar-refractivity contribution in [1.29, 1.82) is 0 Å². The number of amides is 2. The van der Waals surface area contributed by atoms with Crippen LogP contribution in [0.3, 0.4) is 0 Å². The SMILES string of the molecule is CC(C)(C)NC(=O)CNC(=O)/C=C/c1cn(-c2ccccc2)nc1-c1ccc(F)cc1. The van der Waals surface area contributed by atoms with E-state index in [0.29, 0.717) is 11.3 Å². The van der Waals surface area contributed by atoms with Crippen molar-refractivity contribution < 1.29 is 14.0 Å². The van der Waals surface area contributed by atoms with Gasteiger partial charge in [0.25, 0.3) is 0 Å². The second-order valence-corrected chi connectivity index (χ2v) is 8.07. The zero-order valence-corrected chi connectivity index (χ0v) is 17.7. The molecule has 0 saturated heterocycles. The summed E-state index contributed by atoms with van der Waals surface area (Å²) in [6, 6.07) is 15.6. The van der Waals surface area contributed by atoms with E-state index in [-0.39, 0.29) is 23.8 Å². The fraction of sp³-hybridized carbons (Fsp3) is 0.208. The van der Waals surface area contributed by atoms with Gasteiger partial charge in [0.2, 0.25) is 11.8 Å². The minimum absolute atomic E-state index is 0.117. The molecule has 0 aliphatic rings. The molecule has 7 heteroatoms. The summed E-state index contributed by atoms with van der Waals surface area (Å²) in [5.74, 6) is -1.00. The maximum absolute atomic E-state index is 13.4. The van der Waals surface area contributed by atoms with Crippen molar-refractivity contribution >= 4 is 17.9 Å². The predicted octanol–water partition coefficient (Wildman–Crippen LogP) is 3.72. The Balaban J connectivity index is 1.80. The van der Waals surface area contributed by atoms with Crippen molar-refractivity contribution in [2.75, 3.05) is 6.54 Å². The first-order valence-electron chi connectivity index (χ1n) is 9.89. The summed E-state index contributed by atoms with van der Waals surface area (Å²) in [7, 11) is 0. The van der Waals surface area contributed by atoms with Crippen LogP contribution < -0.4 is 10.6 Å². The van der Waals surface area contributed by atoms with Crippen LogP contribution in [0.15, 0.2) is 66.9 Å². The highest BCUT2D eigenvalue weighted by Crippen LogP contribution is 2.25. The lowest BCUT2D eigenvalue weighted by atomic mass is 10.1. The number of halogens is 1. The van der Waals surface area contributed by atoms with Crippen molar-refractivity contribution in [3.63, 3.8) is 0 Å². The molecule has 3 rings (SSSR count). The minimum atomic E-state index is -0.401. The van der Waals surface area contributed by atoms with Crippen molar-refractivity contribution in [1.82, 2.24) is 20.4 Å². The number of carbonyl (C=O) groups is 2. The van der Waals surface area contributed by atoms with E-state index in [9.17, 15) is 14.0 Å². The van der Waals surface area contributed by atoms with Crippen LogP contribution in [0.2, 0.25) is 0 Å². The second-order valence-electron chi connectivity index (χ2n) is 8.07. The van der Waals surface area contributed by atoms with Crippen molar-refractivity contribution in [3.8, 4) is 16.9 Å². The van der Waals surface area contributed by atoms with Gasteiger partial charge in [-0.15, -0.1) is 0 Å². The molecular formula is C24H25FN4O2. The third-order valence-corrected chi connectivity index (χ3v) is 4.23. The lowest BCUT2D eigenvalue weighted by Gasteiger charge is -2.20. The van der Waals surface area contributed by atoms with Crippen molar-refractivity contribution in [3.05, 3.63) is 78.3 Å². The Morgan fingerprint density at radius 1 is 1.06 bits per heavy atom. The average molecular weight is 420 g/mol. The summed E-state index contributed by atoms with van der Waals surface area (Å²) in [6.07, 6.45) is 4.77. The molecule has 0 radical (unpaired) electrons. The van der Waals surface area contributed by atoms with Gasteiger partial charge in [-0.25, -0.2) is 9.07 Å². The molecule has 6 nitrogen and oxygen atoms in total. The molecule has 2 aromatic carbocycles. The summed E-state index contributed by atoms with van der Waals surface area (Å²) >= 11 is 0. The molecule has 1 heterocycles. The van der Waals surface area contributed by atoms with E-state index < -0.39 is 5.91 Å². The van der Waals surface area contributed by atoms with Gasteiger partial charge in [0.1, 0.15) is 5.82 Å². The van der Waals surface area contributed by atoms with Crippen LogP contribution in [0.25, 0.3) is 23.0 Å². The van der Waals surface area contributed by atoms with Gasteiger partial charge in [0.15, 0.2) is 0 Å². The van der Waals surface area contributed by atoms with Gasteiger partial charge in [-0.3, -0.25) is 9.59 Å². The highest BCUT2D eigenvalue weighted by molar-refractivity contribution is 5.95. The van der Waals surface area contributed by atoms with E-state index in [1.54, 1.807) is 29.1 Å². The van der Waals surface area contributed by atoms with Gasteiger partial charge in [0.05, 0.1) is 17.9 Å². The molecular weight excluding hydrogens is 395 g/mol. The van der Waals surface area contributed by atoms with Crippen LogP contribution >= 0.6 is 0 Å². The molecule has 0 fully saturated rings. The summed E-state index contributed by atoms with van der Waals surface area (Å²) in [5.41, 5.74) is 2.51. The molecule has 0 atom stereocenters. The molecule has 2 N–H and O–H groups in total. The van der Waals surface area contributed by atoms with E-state index in [1.807, 2.05) is 51.1 Å². The van der Waals surface area contributed by atoms with E-state index in [4.69, 9.17) is 0 Å². The normalized spacial score (nSPS) is 11.5. The highest BCUT2D eigenvalue weighted by atomic mass is 19.1. The molecule has 2 amide bonds. The van der Waals surface area contributed by atoms with E-state index in [2.05, 4.69) is 15.7 Å². The first-order valence-corrected chi connectivity index (χ1v) is 9.89. The van der Waals surface area contributed by atoms with Crippen molar-refractivity contribution in [2.24, 2.45) is 0 Å². The molecule has 0 unspecified atom stereocenters. The second kappa shape index (κ2) is 9.38. The van der Waals surface area contributed by atoms with Crippen molar-refractivity contribution in [2.45, 2.75) is 26.3 Å². The maximum Gasteiger partial charge on any atom is 0.244 e. The first-order chi connectivity index (χ1) is 14.7. The van der Waals surface area contributed by atoms with Crippen LogP contribution in [-0.2, 0) is 9.59 Å². The third-order valence-electron chi connectivity index (χ3n) is 4.23. The Bertz CT molecular complexity index is 1080. The van der Waals surface area contributed by atoms with Crippen LogP contribution in [0, 0.1) is 5.82 Å². The van der Waals surface area contributed by atoms with Gasteiger partial charge in [-0.2, -0.15) is 5.10 Å². The highest BCUT2D eigenvalue weighted by Gasteiger charge is 2.14. The monoisotopic (exact) mass is 420 g/mol. The number of nitrogens with zero attached hydrogens (tertiary/aromatic N) is 2. The number of nitrogens with one attached hydrogen (secondary N) is 2. The number of benzene rings is 2. The lowest BCUT2D eigenvalue weighted by Crippen LogP contribution is -2.45. The zero-order chi connectivity index (χ0) is 22.4. The van der Waals surface area contributed by atoms with E-state index >= 15 is 0 Å². The quantitative estimate of drug-likeness (QED) is 0.597. The summed E-state index contributed by atoms with van der Waals surface area (Å²) in [4.78, 5) is 24.1. The predicted molar refractivity (Wildman–Crippen MR) is 119 cm³/mol. The topological polar surface area (TPSA) is 76.0 Å². The van der Waals surface area contributed by atoms with Gasteiger partial charge in [0, 0.05) is 28.9 Å². The molecule has 160 valence electrons. The third kappa shape index (κ3) is 6.37. The molecule has 0 aliphatic carbocycles. The molecule has 0 spiro atoms. The Labute approximate surface area is 180 Å². The number of aromatic nitrogens is 2. The van der Waals surface area contributed by atoms with Crippen LogP contribution in [0.1, 0.15) is 26.3 Å². The molecule has 0 saturated carbocycles. The number of para-hydroxylation sites is 1. The van der Waals surface area contributed by atoms with Gasteiger partial charge in [-0.05, 0) is 63.2 Å². The number of hydrogen-bond acceptors (Lipinski definition) is 3. The molecule has 1 aromatic heterocycles. The molecule has 31 heavy (non-hydrogen) atoms. The average Bonchev–Trinajstić information content (AvgIpc) is 3.15. The Hall–Kier alpha value is -3.74. The molecule has 3 aromatic rings. The lowest BCUT2D eigenvalue weighted by molar-refractivity contribution is -0.124. The smallest absolute Gasteiger partial charge is 0.244 e. The molecule has 0 bridgehead atoms. The largest absolute Gasteiger partial charge is 0.350 e. The van der Waals surface area contributed by atoms with Crippen LogP contribution in [0.4, 0.5) is 4.39 Å². The molecule has 0 aliphatic heterocycles. The maximum atomic E-state index is 13.4. The van der Waals surface area contributed by atoms with Gasteiger partial charge in [-0.1, -0.05) is 18.2 Å².